The first kappa shape index (κ1) is 14.0. The summed E-state index contributed by atoms with van der Waals surface area (Å²) in [7, 11) is 0. The highest BCUT2D eigenvalue weighted by molar-refractivity contribution is 6.08. The minimum Gasteiger partial charge on any atom is -0.476 e. The second-order valence-electron chi connectivity index (χ2n) is 4.64. The SMILES string of the molecule is CCOc1ncccc1NC(=O)c1cnn2ccc(C)nc12. The lowest BCUT2D eigenvalue weighted by atomic mass is 10.3. The van der Waals surface area contributed by atoms with Crippen molar-refractivity contribution < 1.29 is 9.53 Å². The molecule has 3 aromatic heterocycles. The molecular weight excluding hydrogens is 282 g/mol. The number of aromatic nitrogens is 4. The Hall–Kier alpha value is -2.96. The first-order valence-corrected chi connectivity index (χ1v) is 6.89. The maximum Gasteiger partial charge on any atom is 0.261 e. The summed E-state index contributed by atoms with van der Waals surface area (Å²) in [5, 5.41) is 6.92. The fourth-order valence-corrected chi connectivity index (χ4v) is 2.05. The van der Waals surface area contributed by atoms with Crippen LogP contribution in [-0.2, 0) is 0 Å². The molecule has 0 saturated carbocycles. The van der Waals surface area contributed by atoms with Crippen LogP contribution in [0.15, 0.2) is 36.8 Å². The normalized spacial score (nSPS) is 10.6. The second-order valence-corrected chi connectivity index (χ2v) is 4.64. The van der Waals surface area contributed by atoms with Gasteiger partial charge in [-0.2, -0.15) is 5.10 Å². The molecule has 0 aliphatic carbocycles. The van der Waals surface area contributed by atoms with Crippen molar-refractivity contribution >= 4 is 17.2 Å². The number of fused-ring (bicyclic) bond motifs is 1. The quantitative estimate of drug-likeness (QED) is 0.797. The molecule has 112 valence electrons. The van der Waals surface area contributed by atoms with Crippen molar-refractivity contribution in [1.29, 1.82) is 0 Å². The third-order valence-corrected chi connectivity index (χ3v) is 3.05. The van der Waals surface area contributed by atoms with Gasteiger partial charge in [0.25, 0.3) is 5.91 Å². The molecule has 0 aliphatic rings. The summed E-state index contributed by atoms with van der Waals surface area (Å²) >= 11 is 0. The molecule has 0 bridgehead atoms. The van der Waals surface area contributed by atoms with E-state index in [1.165, 1.54) is 6.20 Å². The van der Waals surface area contributed by atoms with E-state index in [1.54, 1.807) is 29.0 Å². The summed E-state index contributed by atoms with van der Waals surface area (Å²) in [6.07, 6.45) is 4.87. The van der Waals surface area contributed by atoms with Gasteiger partial charge in [-0.1, -0.05) is 0 Å². The molecule has 0 aromatic carbocycles. The Balaban J connectivity index is 1.92. The van der Waals surface area contributed by atoms with Crippen LogP contribution in [0, 0.1) is 6.92 Å². The molecule has 1 amide bonds. The number of hydrogen-bond acceptors (Lipinski definition) is 5. The smallest absolute Gasteiger partial charge is 0.261 e. The van der Waals surface area contributed by atoms with E-state index in [9.17, 15) is 4.79 Å². The fraction of sp³-hybridized carbons (Fsp3) is 0.200. The standard InChI is InChI=1S/C15H15N5O2/c1-3-22-15-12(5-4-7-16-15)19-14(21)11-9-17-20-8-6-10(2)18-13(11)20/h4-9H,3H2,1-2H3,(H,19,21). The predicted molar refractivity (Wildman–Crippen MR) is 81.1 cm³/mol. The molecule has 0 aliphatic heterocycles. The number of nitrogens with one attached hydrogen (secondary N) is 1. The molecule has 0 fully saturated rings. The van der Waals surface area contributed by atoms with Gasteiger partial charge in [-0.25, -0.2) is 14.5 Å². The average molecular weight is 297 g/mol. The van der Waals surface area contributed by atoms with Crippen LogP contribution in [-0.4, -0.2) is 32.1 Å². The zero-order chi connectivity index (χ0) is 15.5. The lowest BCUT2D eigenvalue weighted by molar-refractivity contribution is 0.102. The Morgan fingerprint density at radius 2 is 2.27 bits per heavy atom. The second kappa shape index (κ2) is 5.80. The zero-order valence-corrected chi connectivity index (χ0v) is 12.3. The molecule has 0 saturated heterocycles. The summed E-state index contributed by atoms with van der Waals surface area (Å²) in [6.45, 7) is 4.19. The predicted octanol–water partition coefficient (Wildman–Crippen LogP) is 2.08. The molecular formula is C15H15N5O2. The van der Waals surface area contributed by atoms with Crippen molar-refractivity contribution in [3.05, 3.63) is 48.0 Å². The third kappa shape index (κ3) is 2.60. The Morgan fingerprint density at radius 1 is 1.41 bits per heavy atom. The highest BCUT2D eigenvalue weighted by Crippen LogP contribution is 2.21. The molecule has 1 N–H and O–H groups in total. The van der Waals surface area contributed by atoms with Gasteiger partial charge >= 0.3 is 0 Å². The van der Waals surface area contributed by atoms with E-state index in [4.69, 9.17) is 4.74 Å². The van der Waals surface area contributed by atoms with Crippen LogP contribution in [0.3, 0.4) is 0 Å². The van der Waals surface area contributed by atoms with Crippen LogP contribution in [0.2, 0.25) is 0 Å². The summed E-state index contributed by atoms with van der Waals surface area (Å²) in [5.41, 5.74) is 2.24. The topological polar surface area (TPSA) is 81.4 Å². The molecule has 3 aromatic rings. The number of rotatable bonds is 4. The fourth-order valence-electron chi connectivity index (χ4n) is 2.05. The van der Waals surface area contributed by atoms with E-state index in [0.717, 1.165) is 5.69 Å². The maximum atomic E-state index is 12.5. The number of nitrogens with zero attached hydrogens (tertiary/aromatic N) is 4. The molecule has 0 atom stereocenters. The Morgan fingerprint density at radius 3 is 3.09 bits per heavy atom. The van der Waals surface area contributed by atoms with Crippen molar-refractivity contribution in [2.45, 2.75) is 13.8 Å². The van der Waals surface area contributed by atoms with Gasteiger partial charge in [-0.3, -0.25) is 4.79 Å². The Kier molecular flexibility index (Phi) is 3.69. The monoisotopic (exact) mass is 297 g/mol. The van der Waals surface area contributed by atoms with Crippen LogP contribution in [0.5, 0.6) is 5.88 Å². The molecule has 0 unspecified atom stereocenters. The first-order valence-electron chi connectivity index (χ1n) is 6.89. The van der Waals surface area contributed by atoms with Gasteiger partial charge in [0.1, 0.15) is 11.3 Å². The van der Waals surface area contributed by atoms with E-state index in [-0.39, 0.29) is 5.91 Å². The Labute approximate surface area is 127 Å². The van der Waals surface area contributed by atoms with E-state index >= 15 is 0 Å². The number of amides is 1. The molecule has 0 spiro atoms. The number of carbonyl (C=O) groups is 1. The molecule has 0 radical (unpaired) electrons. The molecule has 22 heavy (non-hydrogen) atoms. The number of hydrogen-bond donors (Lipinski definition) is 1. The van der Waals surface area contributed by atoms with Crippen LogP contribution in [0.25, 0.3) is 5.65 Å². The molecule has 3 heterocycles. The van der Waals surface area contributed by atoms with Crippen LogP contribution < -0.4 is 10.1 Å². The molecule has 7 heteroatoms. The van der Waals surface area contributed by atoms with Crippen molar-refractivity contribution in [2.24, 2.45) is 0 Å². The van der Waals surface area contributed by atoms with E-state index in [1.807, 2.05) is 19.9 Å². The lowest BCUT2D eigenvalue weighted by Crippen LogP contribution is -2.13. The maximum absolute atomic E-state index is 12.5. The van der Waals surface area contributed by atoms with Gasteiger partial charge in [-0.15, -0.1) is 0 Å². The van der Waals surface area contributed by atoms with Gasteiger partial charge in [-0.05, 0) is 32.0 Å². The minimum absolute atomic E-state index is 0.304. The summed E-state index contributed by atoms with van der Waals surface area (Å²) < 4.78 is 6.96. The summed E-state index contributed by atoms with van der Waals surface area (Å²) in [4.78, 5) is 20.9. The third-order valence-electron chi connectivity index (χ3n) is 3.05. The van der Waals surface area contributed by atoms with Gasteiger partial charge in [0, 0.05) is 18.1 Å². The minimum atomic E-state index is -0.304. The largest absolute Gasteiger partial charge is 0.476 e. The molecule has 3 rings (SSSR count). The van der Waals surface area contributed by atoms with E-state index < -0.39 is 0 Å². The van der Waals surface area contributed by atoms with Gasteiger partial charge < -0.3 is 10.1 Å². The van der Waals surface area contributed by atoms with Crippen LogP contribution in [0.4, 0.5) is 5.69 Å². The number of aryl methyl sites for hydroxylation is 1. The first-order chi connectivity index (χ1) is 10.7. The molecule has 7 nitrogen and oxygen atoms in total. The lowest BCUT2D eigenvalue weighted by Gasteiger charge is -2.09. The number of ether oxygens (including phenoxy) is 1. The highest BCUT2D eigenvalue weighted by atomic mass is 16.5. The number of anilines is 1. The van der Waals surface area contributed by atoms with Crippen molar-refractivity contribution in [2.75, 3.05) is 11.9 Å². The van der Waals surface area contributed by atoms with Crippen LogP contribution >= 0.6 is 0 Å². The van der Waals surface area contributed by atoms with Crippen molar-refractivity contribution in [1.82, 2.24) is 19.6 Å². The van der Waals surface area contributed by atoms with Crippen molar-refractivity contribution in [3.8, 4) is 5.88 Å². The van der Waals surface area contributed by atoms with Crippen molar-refractivity contribution in [3.63, 3.8) is 0 Å². The van der Waals surface area contributed by atoms with Gasteiger partial charge in [0.05, 0.1) is 12.8 Å². The Bertz CT molecular complexity index is 828. The van der Waals surface area contributed by atoms with Gasteiger partial charge in [0.2, 0.25) is 5.88 Å². The average Bonchev–Trinajstić information content (AvgIpc) is 2.92. The number of carbonyl (C=O) groups excluding carboxylic acids is 1. The summed E-state index contributed by atoms with van der Waals surface area (Å²) in [5.74, 6) is 0.0843. The zero-order valence-electron chi connectivity index (χ0n) is 12.3. The highest BCUT2D eigenvalue weighted by Gasteiger charge is 2.16. The van der Waals surface area contributed by atoms with Crippen LogP contribution in [0.1, 0.15) is 23.0 Å². The number of pyridine rings is 1. The summed E-state index contributed by atoms with van der Waals surface area (Å²) in [6, 6.07) is 5.30. The van der Waals surface area contributed by atoms with E-state index in [0.29, 0.717) is 29.4 Å². The van der Waals surface area contributed by atoms with Gasteiger partial charge in [0.15, 0.2) is 5.65 Å². The van der Waals surface area contributed by atoms with E-state index in [2.05, 4.69) is 20.4 Å².